The van der Waals surface area contributed by atoms with Gasteiger partial charge in [0, 0.05) is 11.8 Å². The number of nitrogens with zero attached hydrogens (tertiary/aromatic N) is 2. The number of hydrogen-bond donors (Lipinski definition) is 2. The van der Waals surface area contributed by atoms with Gasteiger partial charge in [-0.1, -0.05) is 18.2 Å². The smallest absolute Gasteiger partial charge is 0.432 e. The molecule has 3 aromatic rings. The topological polar surface area (TPSA) is 88.1 Å². The molecule has 0 aliphatic heterocycles. The van der Waals surface area contributed by atoms with Crippen LogP contribution in [0.3, 0.4) is 0 Å². The van der Waals surface area contributed by atoms with E-state index in [-0.39, 0.29) is 12.4 Å². The third-order valence-corrected chi connectivity index (χ3v) is 4.25. The van der Waals surface area contributed by atoms with Crippen molar-refractivity contribution in [3.8, 4) is 28.4 Å². The summed E-state index contributed by atoms with van der Waals surface area (Å²) in [6.45, 7) is 3.18. The maximum atomic E-state index is 12.7. The van der Waals surface area contributed by atoms with Crippen molar-refractivity contribution < 1.29 is 27.8 Å². The van der Waals surface area contributed by atoms with Gasteiger partial charge in [0.15, 0.2) is 5.82 Å². The Morgan fingerprint density at radius 2 is 1.69 bits per heavy atom. The average Bonchev–Trinajstić information content (AvgIpc) is 3.18. The Morgan fingerprint density at radius 1 is 1.03 bits per heavy atom. The van der Waals surface area contributed by atoms with Crippen LogP contribution in [-0.2, 0) is 11.0 Å². The van der Waals surface area contributed by atoms with Gasteiger partial charge in [0.05, 0.1) is 11.6 Å². The Labute approximate surface area is 164 Å². The van der Waals surface area contributed by atoms with E-state index in [4.69, 9.17) is 9.84 Å². The van der Waals surface area contributed by atoms with Gasteiger partial charge in [0.25, 0.3) is 0 Å². The van der Waals surface area contributed by atoms with E-state index in [1.807, 2.05) is 0 Å². The number of carboxylic acids is 1. The third-order valence-electron chi connectivity index (χ3n) is 4.25. The van der Waals surface area contributed by atoms with Crippen LogP contribution in [-0.4, -0.2) is 32.6 Å². The minimum Gasteiger partial charge on any atom is -0.492 e. The Morgan fingerprint density at radius 3 is 2.21 bits per heavy atom. The van der Waals surface area contributed by atoms with Crippen molar-refractivity contribution in [1.29, 1.82) is 0 Å². The molecule has 3 rings (SSSR count). The second kappa shape index (κ2) is 7.57. The highest BCUT2D eigenvalue weighted by Crippen LogP contribution is 2.29. The van der Waals surface area contributed by atoms with E-state index in [1.165, 1.54) is 6.20 Å². The van der Waals surface area contributed by atoms with Crippen LogP contribution in [0.1, 0.15) is 19.5 Å². The van der Waals surface area contributed by atoms with E-state index in [1.54, 1.807) is 50.2 Å². The SMILES string of the molecule is CC(C)(COc1ccc(-c2ccc(-c3ncc(C(F)(F)F)[nH]3)nc2)cc1)C(=O)O. The Hall–Kier alpha value is -3.36. The molecule has 2 aromatic heterocycles. The van der Waals surface area contributed by atoms with E-state index in [2.05, 4.69) is 15.0 Å². The minimum atomic E-state index is -4.49. The lowest BCUT2D eigenvalue weighted by Crippen LogP contribution is -2.30. The van der Waals surface area contributed by atoms with Crippen LogP contribution in [0.5, 0.6) is 5.75 Å². The maximum absolute atomic E-state index is 12.7. The van der Waals surface area contributed by atoms with E-state index >= 15 is 0 Å². The van der Waals surface area contributed by atoms with Gasteiger partial charge < -0.3 is 14.8 Å². The molecule has 1 aromatic carbocycles. The fourth-order valence-corrected chi connectivity index (χ4v) is 2.37. The number of ether oxygens (including phenoxy) is 1. The maximum Gasteiger partial charge on any atom is 0.432 e. The van der Waals surface area contributed by atoms with Crippen LogP contribution < -0.4 is 4.74 Å². The number of benzene rings is 1. The number of aliphatic carboxylic acids is 1. The standard InChI is InChI=1S/C20H18F3N3O3/c1-19(2,18(27)28)11-29-14-6-3-12(4-7-14)13-5-8-15(24-9-13)17-25-10-16(26-17)20(21,22)23/h3-10H,11H2,1-2H3,(H,25,26)(H,27,28). The zero-order chi connectivity index (χ0) is 21.2. The number of carbonyl (C=O) groups is 1. The third kappa shape index (κ3) is 4.74. The lowest BCUT2D eigenvalue weighted by Gasteiger charge is -2.19. The van der Waals surface area contributed by atoms with E-state index in [9.17, 15) is 18.0 Å². The first-order valence-corrected chi connectivity index (χ1v) is 8.61. The number of nitrogens with one attached hydrogen (secondary N) is 1. The van der Waals surface area contributed by atoms with Crippen LogP contribution in [0.25, 0.3) is 22.6 Å². The van der Waals surface area contributed by atoms with Gasteiger partial charge >= 0.3 is 12.1 Å². The fraction of sp³-hybridized carbons (Fsp3) is 0.250. The monoisotopic (exact) mass is 405 g/mol. The van der Waals surface area contributed by atoms with Crippen molar-refractivity contribution in [2.75, 3.05) is 6.61 Å². The summed E-state index contributed by atoms with van der Waals surface area (Å²) in [5.41, 5.74) is -0.0609. The molecule has 0 unspecified atom stereocenters. The van der Waals surface area contributed by atoms with Crippen LogP contribution in [0.2, 0.25) is 0 Å². The molecular weight excluding hydrogens is 387 g/mol. The molecule has 29 heavy (non-hydrogen) atoms. The highest BCUT2D eigenvalue weighted by molar-refractivity contribution is 5.73. The lowest BCUT2D eigenvalue weighted by molar-refractivity contribution is -0.148. The van der Waals surface area contributed by atoms with Crippen molar-refractivity contribution in [3.63, 3.8) is 0 Å². The van der Waals surface area contributed by atoms with Crippen molar-refractivity contribution in [2.45, 2.75) is 20.0 Å². The number of hydrogen-bond acceptors (Lipinski definition) is 4. The molecule has 0 atom stereocenters. The molecule has 0 saturated heterocycles. The van der Waals surface area contributed by atoms with Crippen molar-refractivity contribution >= 4 is 5.97 Å². The van der Waals surface area contributed by atoms with Gasteiger partial charge in [-0.3, -0.25) is 9.78 Å². The van der Waals surface area contributed by atoms with Gasteiger partial charge in [-0.15, -0.1) is 0 Å². The van der Waals surface area contributed by atoms with Gasteiger partial charge in [-0.25, -0.2) is 4.98 Å². The number of pyridine rings is 1. The zero-order valence-corrected chi connectivity index (χ0v) is 15.6. The summed E-state index contributed by atoms with van der Waals surface area (Å²) in [6, 6.07) is 10.3. The molecule has 0 bridgehead atoms. The molecule has 6 nitrogen and oxygen atoms in total. The number of aromatic nitrogens is 3. The zero-order valence-electron chi connectivity index (χ0n) is 15.6. The summed E-state index contributed by atoms with van der Waals surface area (Å²) in [4.78, 5) is 21.2. The number of carboxylic acid groups (broad SMARTS) is 1. The number of alkyl halides is 3. The molecule has 0 amide bonds. The number of aromatic amines is 1. The summed E-state index contributed by atoms with van der Waals surface area (Å²) in [7, 11) is 0. The normalized spacial score (nSPS) is 12.0. The highest BCUT2D eigenvalue weighted by Gasteiger charge is 2.33. The molecule has 0 fully saturated rings. The summed E-state index contributed by atoms with van der Waals surface area (Å²) in [5, 5.41) is 9.11. The fourth-order valence-electron chi connectivity index (χ4n) is 2.37. The molecule has 2 heterocycles. The summed E-state index contributed by atoms with van der Waals surface area (Å²) in [6.07, 6.45) is -2.22. The van der Waals surface area contributed by atoms with Gasteiger partial charge in [-0.2, -0.15) is 13.2 Å². The minimum absolute atomic E-state index is 0.0288. The first-order chi connectivity index (χ1) is 13.6. The quantitative estimate of drug-likeness (QED) is 0.623. The van der Waals surface area contributed by atoms with Crippen LogP contribution in [0.15, 0.2) is 48.8 Å². The molecule has 0 aliphatic carbocycles. The van der Waals surface area contributed by atoms with Crippen molar-refractivity contribution in [1.82, 2.24) is 15.0 Å². The number of H-pyrrole nitrogens is 1. The Balaban J connectivity index is 1.70. The summed E-state index contributed by atoms with van der Waals surface area (Å²) in [5.74, 6) is -0.379. The Bertz CT molecular complexity index is 994. The van der Waals surface area contributed by atoms with Gasteiger partial charge in [0.1, 0.15) is 23.7 Å². The molecule has 0 spiro atoms. The van der Waals surface area contributed by atoms with Crippen LogP contribution >= 0.6 is 0 Å². The van der Waals surface area contributed by atoms with Gasteiger partial charge in [0.2, 0.25) is 0 Å². The predicted octanol–water partition coefficient (Wildman–Crippen LogP) is 4.65. The average molecular weight is 405 g/mol. The van der Waals surface area contributed by atoms with Crippen LogP contribution in [0.4, 0.5) is 13.2 Å². The first-order valence-electron chi connectivity index (χ1n) is 8.61. The van der Waals surface area contributed by atoms with E-state index < -0.39 is 23.3 Å². The Kier molecular flexibility index (Phi) is 5.32. The molecule has 0 saturated carbocycles. The number of imidazole rings is 1. The van der Waals surface area contributed by atoms with E-state index in [0.717, 1.165) is 17.3 Å². The molecular formula is C20H18F3N3O3. The summed E-state index contributed by atoms with van der Waals surface area (Å²) < 4.78 is 43.5. The number of rotatable bonds is 6. The predicted molar refractivity (Wildman–Crippen MR) is 99.2 cm³/mol. The molecule has 9 heteroatoms. The van der Waals surface area contributed by atoms with Crippen molar-refractivity contribution in [2.24, 2.45) is 5.41 Å². The second-order valence-corrected chi connectivity index (χ2v) is 7.08. The molecule has 2 N–H and O–H groups in total. The lowest BCUT2D eigenvalue weighted by atomic mass is 9.95. The molecule has 0 aliphatic rings. The van der Waals surface area contributed by atoms with Crippen LogP contribution in [0, 0.1) is 5.41 Å². The highest BCUT2D eigenvalue weighted by atomic mass is 19.4. The van der Waals surface area contributed by atoms with E-state index in [0.29, 0.717) is 11.4 Å². The van der Waals surface area contributed by atoms with Crippen molar-refractivity contribution in [3.05, 3.63) is 54.5 Å². The first kappa shape index (κ1) is 20.4. The molecule has 152 valence electrons. The summed E-state index contributed by atoms with van der Waals surface area (Å²) >= 11 is 0. The molecule has 0 radical (unpaired) electrons. The van der Waals surface area contributed by atoms with Gasteiger partial charge in [-0.05, 0) is 37.6 Å². The second-order valence-electron chi connectivity index (χ2n) is 7.08. The number of halogens is 3. The largest absolute Gasteiger partial charge is 0.492 e.